The van der Waals surface area contributed by atoms with Crippen LogP contribution in [-0.2, 0) is 0 Å². The topological polar surface area (TPSA) is 33.2 Å². The number of amides is 1. The van der Waals surface area contributed by atoms with Crippen molar-refractivity contribution in [2.75, 3.05) is 13.6 Å². The smallest absolute Gasteiger partial charge is 0.255 e. The maximum atomic E-state index is 11.9. The molecule has 4 heteroatoms. The number of hydrogen-bond donors (Lipinski definition) is 0. The summed E-state index contributed by atoms with van der Waals surface area (Å²) >= 11 is 3.42. The number of alkyl halides is 1. The van der Waals surface area contributed by atoms with Crippen molar-refractivity contribution in [2.45, 2.75) is 18.7 Å². The summed E-state index contributed by atoms with van der Waals surface area (Å²) in [6.45, 7) is 4.63. The monoisotopic (exact) mass is 270 g/mol. The van der Waals surface area contributed by atoms with Crippen LogP contribution in [0.4, 0.5) is 0 Å². The zero-order valence-electron chi connectivity index (χ0n) is 9.20. The van der Waals surface area contributed by atoms with E-state index >= 15 is 0 Å². The van der Waals surface area contributed by atoms with Gasteiger partial charge in [-0.25, -0.2) is 0 Å². The Morgan fingerprint density at radius 3 is 2.80 bits per heavy atom. The molecule has 1 heterocycles. The molecule has 1 rings (SSSR count). The summed E-state index contributed by atoms with van der Waals surface area (Å²) in [4.78, 5) is 17.9. The van der Waals surface area contributed by atoms with Crippen molar-refractivity contribution in [1.29, 1.82) is 0 Å². The van der Waals surface area contributed by atoms with Gasteiger partial charge >= 0.3 is 0 Å². The van der Waals surface area contributed by atoms with Gasteiger partial charge in [-0.15, -0.1) is 0 Å². The molecule has 1 aromatic rings. The minimum absolute atomic E-state index is 0.0116. The van der Waals surface area contributed by atoms with E-state index in [1.165, 1.54) is 0 Å². The number of aryl methyl sites for hydroxylation is 1. The van der Waals surface area contributed by atoms with Crippen LogP contribution in [0.1, 0.15) is 22.8 Å². The molecule has 0 aliphatic carbocycles. The molecule has 1 aromatic heterocycles. The average molecular weight is 271 g/mol. The molecule has 0 N–H and O–H groups in total. The number of halogens is 1. The average Bonchev–Trinajstić information content (AvgIpc) is 2.15. The fourth-order valence-corrected chi connectivity index (χ4v) is 1.79. The van der Waals surface area contributed by atoms with Gasteiger partial charge in [0.05, 0.1) is 5.56 Å². The molecule has 0 bridgehead atoms. The molecular formula is C11H15BrN2O. The van der Waals surface area contributed by atoms with Gasteiger partial charge in [-0.1, -0.05) is 22.9 Å². The molecule has 3 nitrogen and oxygen atoms in total. The zero-order chi connectivity index (χ0) is 11.4. The van der Waals surface area contributed by atoms with E-state index in [1.54, 1.807) is 24.3 Å². The molecule has 0 spiro atoms. The number of aromatic nitrogens is 1. The molecule has 1 amide bonds. The Hall–Kier alpha value is -0.900. The summed E-state index contributed by atoms with van der Waals surface area (Å²) in [5.41, 5.74) is 1.65. The summed E-state index contributed by atoms with van der Waals surface area (Å²) in [5.74, 6) is 0.0116. The highest BCUT2D eigenvalue weighted by atomic mass is 79.9. The summed E-state index contributed by atoms with van der Waals surface area (Å²) in [6, 6.07) is 1.85. The molecule has 0 aliphatic rings. The Bertz CT molecular complexity index is 352. The van der Waals surface area contributed by atoms with Crippen molar-refractivity contribution < 1.29 is 4.79 Å². The van der Waals surface area contributed by atoms with Gasteiger partial charge in [-0.2, -0.15) is 0 Å². The Morgan fingerprint density at radius 1 is 1.60 bits per heavy atom. The number of pyridine rings is 1. The van der Waals surface area contributed by atoms with E-state index in [4.69, 9.17) is 0 Å². The first-order chi connectivity index (χ1) is 7.00. The fourth-order valence-electron chi connectivity index (χ4n) is 1.35. The second-order valence-corrected chi connectivity index (χ2v) is 5.28. The fraction of sp³-hybridized carbons (Fsp3) is 0.455. The highest BCUT2D eigenvalue weighted by molar-refractivity contribution is 9.09. The van der Waals surface area contributed by atoms with Crippen LogP contribution in [0.25, 0.3) is 0 Å². The molecule has 0 saturated carbocycles. The maximum Gasteiger partial charge on any atom is 0.255 e. The van der Waals surface area contributed by atoms with E-state index in [0.29, 0.717) is 16.9 Å². The minimum Gasteiger partial charge on any atom is -0.341 e. The van der Waals surface area contributed by atoms with Crippen molar-refractivity contribution in [1.82, 2.24) is 9.88 Å². The highest BCUT2D eigenvalue weighted by Gasteiger charge is 2.13. The molecule has 1 unspecified atom stereocenters. The van der Waals surface area contributed by atoms with E-state index < -0.39 is 0 Å². The van der Waals surface area contributed by atoms with Gasteiger partial charge in [-0.3, -0.25) is 9.78 Å². The molecule has 0 radical (unpaired) electrons. The van der Waals surface area contributed by atoms with Gasteiger partial charge in [0.2, 0.25) is 0 Å². The largest absolute Gasteiger partial charge is 0.341 e. The predicted octanol–water partition coefficient (Wildman–Crippen LogP) is 2.25. The van der Waals surface area contributed by atoms with Crippen LogP contribution in [0, 0.1) is 6.92 Å². The number of nitrogens with zero attached hydrogens (tertiary/aromatic N) is 2. The maximum absolute atomic E-state index is 11.9. The third-order valence-electron chi connectivity index (χ3n) is 1.99. The number of carbonyl (C=O) groups excluding carboxylic acids is 1. The van der Waals surface area contributed by atoms with Gasteiger partial charge in [0, 0.05) is 30.8 Å². The van der Waals surface area contributed by atoms with Crippen molar-refractivity contribution in [3.8, 4) is 0 Å². The van der Waals surface area contributed by atoms with E-state index in [0.717, 1.165) is 5.56 Å². The number of carbonyl (C=O) groups is 1. The van der Waals surface area contributed by atoms with Gasteiger partial charge in [0.25, 0.3) is 5.91 Å². The Balaban J connectivity index is 2.76. The zero-order valence-corrected chi connectivity index (χ0v) is 10.8. The standard InChI is InChI=1S/C11H15BrN2O/c1-8-4-10(6-13-5-8)11(15)14(3)7-9(2)12/h4-6,9H,7H2,1-3H3. The quantitative estimate of drug-likeness (QED) is 0.790. The van der Waals surface area contributed by atoms with Gasteiger partial charge in [0.1, 0.15) is 0 Å². The summed E-state index contributed by atoms with van der Waals surface area (Å²) in [7, 11) is 1.79. The predicted molar refractivity (Wildman–Crippen MR) is 64.3 cm³/mol. The molecule has 15 heavy (non-hydrogen) atoms. The lowest BCUT2D eigenvalue weighted by Crippen LogP contribution is -2.31. The number of hydrogen-bond acceptors (Lipinski definition) is 2. The highest BCUT2D eigenvalue weighted by Crippen LogP contribution is 2.07. The normalized spacial score (nSPS) is 12.3. The van der Waals surface area contributed by atoms with Crippen LogP contribution >= 0.6 is 15.9 Å². The van der Waals surface area contributed by atoms with Gasteiger partial charge in [-0.05, 0) is 18.6 Å². The second-order valence-electron chi connectivity index (χ2n) is 3.72. The van der Waals surface area contributed by atoms with Crippen LogP contribution in [0.3, 0.4) is 0 Å². The lowest BCUT2D eigenvalue weighted by Gasteiger charge is -2.18. The number of rotatable bonds is 3. The molecular weight excluding hydrogens is 256 g/mol. The van der Waals surface area contributed by atoms with Gasteiger partial charge in [0.15, 0.2) is 0 Å². The molecule has 0 saturated heterocycles. The van der Waals surface area contributed by atoms with Gasteiger partial charge < -0.3 is 4.90 Å². The lowest BCUT2D eigenvalue weighted by molar-refractivity contribution is 0.0797. The Morgan fingerprint density at radius 2 is 2.27 bits per heavy atom. The molecule has 0 aliphatic heterocycles. The lowest BCUT2D eigenvalue weighted by atomic mass is 10.2. The molecule has 82 valence electrons. The summed E-state index contributed by atoms with van der Waals surface area (Å²) < 4.78 is 0. The second kappa shape index (κ2) is 5.26. The van der Waals surface area contributed by atoms with Crippen molar-refractivity contribution in [2.24, 2.45) is 0 Å². The first kappa shape index (κ1) is 12.2. The third-order valence-corrected chi connectivity index (χ3v) is 2.28. The van der Waals surface area contributed by atoms with Crippen LogP contribution in [0.2, 0.25) is 0 Å². The van der Waals surface area contributed by atoms with Crippen LogP contribution < -0.4 is 0 Å². The summed E-state index contributed by atoms with van der Waals surface area (Å²) in [6.07, 6.45) is 3.34. The van der Waals surface area contributed by atoms with Crippen LogP contribution in [0.5, 0.6) is 0 Å². The van der Waals surface area contributed by atoms with Crippen molar-refractivity contribution >= 4 is 21.8 Å². The van der Waals surface area contributed by atoms with Crippen LogP contribution in [0.15, 0.2) is 18.5 Å². The van der Waals surface area contributed by atoms with Crippen molar-refractivity contribution in [3.05, 3.63) is 29.6 Å². The van der Waals surface area contributed by atoms with E-state index in [9.17, 15) is 4.79 Å². The molecule has 0 aromatic carbocycles. The van der Waals surface area contributed by atoms with Crippen LogP contribution in [-0.4, -0.2) is 34.2 Å². The molecule has 0 fully saturated rings. The minimum atomic E-state index is 0.0116. The van der Waals surface area contributed by atoms with Crippen molar-refractivity contribution in [3.63, 3.8) is 0 Å². The first-order valence-corrected chi connectivity index (χ1v) is 5.73. The van der Waals surface area contributed by atoms with E-state index in [-0.39, 0.29) is 5.91 Å². The Labute approximate surface area is 98.6 Å². The summed E-state index contributed by atoms with van der Waals surface area (Å²) in [5, 5.41) is 0. The molecule has 1 atom stereocenters. The first-order valence-electron chi connectivity index (χ1n) is 4.82. The Kier molecular flexibility index (Phi) is 4.27. The van der Waals surface area contributed by atoms with E-state index in [2.05, 4.69) is 20.9 Å². The SMILES string of the molecule is Cc1cncc(C(=O)N(C)CC(C)Br)c1. The third kappa shape index (κ3) is 3.63. The van der Waals surface area contributed by atoms with E-state index in [1.807, 2.05) is 19.9 Å².